The average molecular weight is 220 g/mol. The molecule has 0 unspecified atom stereocenters. The van der Waals surface area contributed by atoms with E-state index in [1.165, 1.54) is 5.56 Å². The van der Waals surface area contributed by atoms with E-state index < -0.39 is 0 Å². The maximum Gasteiger partial charge on any atom is 0.233 e. The van der Waals surface area contributed by atoms with Crippen LogP contribution in [0.3, 0.4) is 0 Å². The summed E-state index contributed by atoms with van der Waals surface area (Å²) in [5, 5.41) is 0. The average Bonchev–Trinajstić information content (AvgIpc) is 2.29. The molecule has 15 heavy (non-hydrogen) atoms. The minimum atomic E-state index is 0.512. The summed E-state index contributed by atoms with van der Waals surface area (Å²) in [6.07, 6.45) is 1.86. The number of hydrogen-bond donors (Lipinski definition) is 0. The molecule has 80 valence electrons. The van der Waals surface area contributed by atoms with Crippen LogP contribution >= 0.6 is 0 Å². The van der Waals surface area contributed by atoms with Gasteiger partial charge in [-0.1, -0.05) is 36.4 Å². The molecule has 0 N–H and O–H groups in total. The summed E-state index contributed by atoms with van der Waals surface area (Å²) < 4.78 is 10.8. The van der Waals surface area contributed by atoms with Crippen molar-refractivity contribution in [2.75, 3.05) is 13.2 Å². The third kappa shape index (κ3) is 6.22. The maximum absolute atomic E-state index is 5.45. The van der Waals surface area contributed by atoms with Crippen LogP contribution in [0.15, 0.2) is 43.0 Å². The van der Waals surface area contributed by atoms with Crippen LogP contribution in [0.2, 0.25) is 6.04 Å². The lowest BCUT2D eigenvalue weighted by molar-refractivity contribution is 0.0903. The van der Waals surface area contributed by atoms with E-state index in [0.29, 0.717) is 29.6 Å². The molecule has 0 saturated heterocycles. The van der Waals surface area contributed by atoms with Crippen molar-refractivity contribution in [3.8, 4) is 0 Å². The van der Waals surface area contributed by atoms with E-state index in [0.717, 1.165) is 6.04 Å². The molecule has 3 heteroatoms. The second-order valence-corrected chi connectivity index (χ2v) is 4.01. The number of ether oxygens (including phenoxy) is 1. The second-order valence-electron chi connectivity index (χ2n) is 3.02. The molecule has 2 nitrogen and oxygen atoms in total. The van der Waals surface area contributed by atoms with Gasteiger partial charge in [0.1, 0.15) is 0 Å². The van der Waals surface area contributed by atoms with Gasteiger partial charge in [-0.2, -0.15) is 0 Å². The van der Waals surface area contributed by atoms with E-state index in [4.69, 9.17) is 9.16 Å². The van der Waals surface area contributed by atoms with Crippen molar-refractivity contribution in [1.29, 1.82) is 0 Å². The molecule has 0 bridgehead atoms. The minimum Gasteiger partial charge on any atom is -0.415 e. The first-order valence-electron chi connectivity index (χ1n) is 5.00. The largest absolute Gasteiger partial charge is 0.415 e. The van der Waals surface area contributed by atoms with Crippen LogP contribution in [0.1, 0.15) is 5.56 Å². The molecule has 1 aromatic rings. The van der Waals surface area contributed by atoms with Gasteiger partial charge in [-0.15, -0.1) is 6.58 Å². The van der Waals surface area contributed by atoms with Gasteiger partial charge < -0.3 is 9.16 Å². The minimum absolute atomic E-state index is 0.512. The topological polar surface area (TPSA) is 18.5 Å². The van der Waals surface area contributed by atoms with Gasteiger partial charge in [0.25, 0.3) is 0 Å². The Labute approximate surface area is 93.9 Å². The number of benzene rings is 1. The molecule has 0 saturated carbocycles. The van der Waals surface area contributed by atoms with Crippen molar-refractivity contribution in [2.24, 2.45) is 0 Å². The number of rotatable bonds is 8. The van der Waals surface area contributed by atoms with Gasteiger partial charge in [0.2, 0.25) is 9.76 Å². The van der Waals surface area contributed by atoms with Gasteiger partial charge in [0, 0.05) is 0 Å². The highest BCUT2D eigenvalue weighted by molar-refractivity contribution is 6.27. The Bertz CT molecular complexity index is 262. The zero-order chi connectivity index (χ0) is 10.8. The van der Waals surface area contributed by atoms with Crippen molar-refractivity contribution in [2.45, 2.75) is 12.7 Å². The lowest BCUT2D eigenvalue weighted by atomic mass is 10.2. The molecule has 0 atom stereocenters. The zero-order valence-corrected chi connectivity index (χ0v) is 9.82. The molecule has 1 aromatic carbocycles. The quantitative estimate of drug-likeness (QED) is 0.380. The standard InChI is InChI=1S/C12H16O2Si/c1-2-10-15-14-9-8-13-11-12-6-4-3-5-7-12/h2-7H,1,8-11H2. The predicted molar refractivity (Wildman–Crippen MR) is 62.8 cm³/mol. The smallest absolute Gasteiger partial charge is 0.233 e. The van der Waals surface area contributed by atoms with E-state index in [9.17, 15) is 0 Å². The molecule has 0 spiro atoms. The van der Waals surface area contributed by atoms with E-state index in [-0.39, 0.29) is 0 Å². The Kier molecular flexibility index (Phi) is 6.82. The van der Waals surface area contributed by atoms with E-state index in [1.807, 2.05) is 24.3 Å². The van der Waals surface area contributed by atoms with Crippen LogP contribution in [0.5, 0.6) is 0 Å². The molecule has 0 aliphatic carbocycles. The predicted octanol–water partition coefficient (Wildman–Crippen LogP) is 2.44. The van der Waals surface area contributed by atoms with Gasteiger partial charge in [-0.05, 0) is 11.6 Å². The zero-order valence-electron chi connectivity index (χ0n) is 8.82. The van der Waals surface area contributed by atoms with Crippen molar-refractivity contribution in [3.63, 3.8) is 0 Å². The Hall–Kier alpha value is -0.903. The summed E-state index contributed by atoms with van der Waals surface area (Å²) >= 11 is 0. The van der Waals surface area contributed by atoms with Crippen LogP contribution < -0.4 is 0 Å². The summed E-state index contributed by atoms with van der Waals surface area (Å²) in [6.45, 7) is 5.61. The normalized spacial score (nSPS) is 10.1. The Morgan fingerprint density at radius 1 is 1.20 bits per heavy atom. The molecule has 0 aliphatic rings. The van der Waals surface area contributed by atoms with E-state index >= 15 is 0 Å². The van der Waals surface area contributed by atoms with Gasteiger partial charge in [-0.25, -0.2) is 0 Å². The molecule has 1 rings (SSSR count). The third-order valence-electron chi connectivity index (χ3n) is 1.77. The fourth-order valence-corrected chi connectivity index (χ4v) is 1.52. The van der Waals surface area contributed by atoms with Crippen molar-refractivity contribution in [3.05, 3.63) is 48.6 Å². The Morgan fingerprint density at radius 3 is 2.73 bits per heavy atom. The monoisotopic (exact) mass is 220 g/mol. The van der Waals surface area contributed by atoms with Crippen LogP contribution in [0.4, 0.5) is 0 Å². The SMILES string of the molecule is C=CC[Si]OCCOCc1ccccc1. The highest BCUT2D eigenvalue weighted by atomic mass is 28.2. The first-order chi connectivity index (χ1) is 7.43. The van der Waals surface area contributed by atoms with Gasteiger partial charge in [-0.3, -0.25) is 0 Å². The maximum atomic E-state index is 5.45. The highest BCUT2D eigenvalue weighted by Gasteiger charge is 1.92. The van der Waals surface area contributed by atoms with Crippen LogP contribution in [0, 0.1) is 0 Å². The van der Waals surface area contributed by atoms with E-state index in [2.05, 4.69) is 18.7 Å². The van der Waals surface area contributed by atoms with Gasteiger partial charge in [0.15, 0.2) is 0 Å². The van der Waals surface area contributed by atoms with Crippen molar-refractivity contribution < 1.29 is 9.16 Å². The molecule has 0 aliphatic heterocycles. The molecule has 0 aromatic heterocycles. The molecule has 2 radical (unpaired) electrons. The van der Waals surface area contributed by atoms with Gasteiger partial charge >= 0.3 is 0 Å². The molecule has 0 heterocycles. The lowest BCUT2D eigenvalue weighted by Gasteiger charge is -2.04. The van der Waals surface area contributed by atoms with Crippen LogP contribution in [0.25, 0.3) is 0 Å². The molecular weight excluding hydrogens is 204 g/mol. The molecular formula is C12H16O2Si. The second kappa shape index (κ2) is 8.41. The summed E-state index contributed by atoms with van der Waals surface area (Å²) in [7, 11) is 0.512. The first-order valence-corrected chi connectivity index (χ1v) is 6.12. The van der Waals surface area contributed by atoms with Crippen molar-refractivity contribution >= 4 is 9.76 Å². The van der Waals surface area contributed by atoms with Crippen LogP contribution in [-0.4, -0.2) is 23.0 Å². The number of hydrogen-bond acceptors (Lipinski definition) is 2. The summed E-state index contributed by atoms with van der Waals surface area (Å²) in [5.41, 5.74) is 1.20. The van der Waals surface area contributed by atoms with E-state index in [1.54, 1.807) is 0 Å². The summed E-state index contributed by atoms with van der Waals surface area (Å²) in [4.78, 5) is 0. The third-order valence-corrected chi connectivity index (χ3v) is 2.63. The molecule has 0 amide bonds. The number of allylic oxidation sites excluding steroid dienone is 1. The van der Waals surface area contributed by atoms with Gasteiger partial charge in [0.05, 0.1) is 19.8 Å². The van der Waals surface area contributed by atoms with Crippen molar-refractivity contribution in [1.82, 2.24) is 0 Å². The fourth-order valence-electron chi connectivity index (χ4n) is 1.05. The lowest BCUT2D eigenvalue weighted by Crippen LogP contribution is -2.06. The highest BCUT2D eigenvalue weighted by Crippen LogP contribution is 1.99. The first kappa shape index (κ1) is 12.2. The Morgan fingerprint density at radius 2 is 2.00 bits per heavy atom. The fraction of sp³-hybridized carbons (Fsp3) is 0.333. The Balaban J connectivity index is 1.95. The van der Waals surface area contributed by atoms with Crippen LogP contribution in [-0.2, 0) is 15.8 Å². The molecule has 0 fully saturated rings. The summed E-state index contributed by atoms with van der Waals surface area (Å²) in [5.74, 6) is 0. The summed E-state index contributed by atoms with van der Waals surface area (Å²) in [6, 6.07) is 11.1.